The number of amides is 1. The number of rotatable bonds is 5. The third-order valence-electron chi connectivity index (χ3n) is 4.40. The first kappa shape index (κ1) is 19.2. The maximum atomic E-state index is 12.5. The van der Waals surface area contributed by atoms with Crippen LogP contribution in [0, 0.1) is 6.92 Å². The van der Waals surface area contributed by atoms with Crippen LogP contribution >= 0.6 is 0 Å². The van der Waals surface area contributed by atoms with Crippen LogP contribution in [-0.4, -0.2) is 22.2 Å². The summed E-state index contributed by atoms with van der Waals surface area (Å²) in [7, 11) is 0. The summed E-state index contributed by atoms with van der Waals surface area (Å²) in [4.78, 5) is 12.5. The predicted octanol–water partition coefficient (Wildman–Crippen LogP) is 3.50. The smallest absolute Gasteiger partial charge is 0.254 e. The highest BCUT2D eigenvalue weighted by molar-refractivity contribution is 5.95. The monoisotopic (exact) mass is 342 g/mol. The Kier molecular flexibility index (Phi) is 5.68. The summed E-state index contributed by atoms with van der Waals surface area (Å²) < 4.78 is 1.87. The zero-order valence-electron chi connectivity index (χ0n) is 16.1. The Morgan fingerprint density at radius 1 is 1.20 bits per heavy atom. The van der Waals surface area contributed by atoms with Crippen LogP contribution in [0.4, 0.5) is 0 Å². The molecule has 5 nitrogen and oxygen atoms in total. The molecule has 2 aromatic rings. The van der Waals surface area contributed by atoms with Crippen molar-refractivity contribution in [1.29, 1.82) is 0 Å². The highest BCUT2D eigenvalue weighted by Gasteiger charge is 2.21. The van der Waals surface area contributed by atoms with Gasteiger partial charge in [0, 0.05) is 18.3 Å². The molecule has 5 heteroatoms. The molecule has 1 atom stereocenters. The highest BCUT2D eigenvalue weighted by atomic mass is 16.1. The fourth-order valence-electron chi connectivity index (χ4n) is 2.85. The molecule has 0 bridgehead atoms. The van der Waals surface area contributed by atoms with Crippen molar-refractivity contribution in [2.45, 2.75) is 59.0 Å². The topological polar surface area (TPSA) is 72.9 Å². The lowest BCUT2D eigenvalue weighted by Crippen LogP contribution is -2.32. The van der Waals surface area contributed by atoms with Gasteiger partial charge >= 0.3 is 0 Å². The second-order valence-electron chi connectivity index (χ2n) is 7.86. The standard InChI is InChI=1S/C20H30N4O/c1-13(2)15-7-9-16(10-8-15)18(21)12-22-19(25)17-11-23-24(14(17)3)20(4,5)6/h7-11,13,18H,12,21H2,1-6H3,(H,22,25). The molecule has 0 aliphatic rings. The SMILES string of the molecule is Cc1c(C(=O)NCC(N)c2ccc(C(C)C)cc2)cnn1C(C)(C)C. The van der Waals surface area contributed by atoms with Gasteiger partial charge in [0.15, 0.2) is 0 Å². The molecule has 0 aliphatic heterocycles. The van der Waals surface area contributed by atoms with E-state index in [1.165, 1.54) is 5.56 Å². The van der Waals surface area contributed by atoms with Crippen molar-refractivity contribution in [2.24, 2.45) is 5.73 Å². The van der Waals surface area contributed by atoms with E-state index in [0.717, 1.165) is 11.3 Å². The maximum absolute atomic E-state index is 12.5. The van der Waals surface area contributed by atoms with Gasteiger partial charge in [-0.1, -0.05) is 38.1 Å². The van der Waals surface area contributed by atoms with Crippen LogP contribution in [0.15, 0.2) is 30.5 Å². The van der Waals surface area contributed by atoms with Crippen LogP contribution in [0.2, 0.25) is 0 Å². The van der Waals surface area contributed by atoms with Gasteiger partial charge < -0.3 is 11.1 Å². The molecule has 0 radical (unpaired) electrons. The molecule has 0 spiro atoms. The molecule has 1 aromatic heterocycles. The third-order valence-corrected chi connectivity index (χ3v) is 4.40. The Bertz CT molecular complexity index is 723. The number of nitrogens with zero attached hydrogens (tertiary/aromatic N) is 2. The zero-order chi connectivity index (χ0) is 18.8. The van der Waals surface area contributed by atoms with Gasteiger partial charge in [0.2, 0.25) is 0 Å². The number of hydrogen-bond acceptors (Lipinski definition) is 3. The summed E-state index contributed by atoms with van der Waals surface area (Å²) in [6, 6.07) is 8.03. The molecule has 0 fully saturated rings. The molecule has 0 saturated carbocycles. The Labute approximate surface area is 150 Å². The Hall–Kier alpha value is -2.14. The largest absolute Gasteiger partial charge is 0.350 e. The Balaban J connectivity index is 2.01. The molecule has 136 valence electrons. The highest BCUT2D eigenvalue weighted by Crippen LogP contribution is 2.19. The Morgan fingerprint density at radius 3 is 2.24 bits per heavy atom. The lowest BCUT2D eigenvalue weighted by Gasteiger charge is -2.21. The summed E-state index contributed by atoms with van der Waals surface area (Å²) in [5, 5.41) is 7.27. The van der Waals surface area contributed by atoms with Crippen LogP contribution < -0.4 is 11.1 Å². The van der Waals surface area contributed by atoms with E-state index in [1.807, 2.05) is 23.7 Å². The van der Waals surface area contributed by atoms with Gasteiger partial charge in [-0.05, 0) is 44.7 Å². The molecule has 2 rings (SSSR count). The number of benzene rings is 1. The van der Waals surface area contributed by atoms with Crippen molar-refractivity contribution < 1.29 is 4.79 Å². The summed E-state index contributed by atoms with van der Waals surface area (Å²) in [6.45, 7) is 12.8. The summed E-state index contributed by atoms with van der Waals surface area (Å²) in [6.07, 6.45) is 1.62. The fourth-order valence-corrected chi connectivity index (χ4v) is 2.85. The first-order valence-corrected chi connectivity index (χ1v) is 8.80. The molecule has 0 aliphatic carbocycles. The van der Waals surface area contributed by atoms with E-state index in [-0.39, 0.29) is 17.5 Å². The van der Waals surface area contributed by atoms with E-state index >= 15 is 0 Å². The minimum Gasteiger partial charge on any atom is -0.350 e. The lowest BCUT2D eigenvalue weighted by atomic mass is 9.99. The molecule has 1 unspecified atom stereocenters. The van der Waals surface area contributed by atoms with E-state index in [1.54, 1.807) is 6.20 Å². The second-order valence-corrected chi connectivity index (χ2v) is 7.86. The molecular weight excluding hydrogens is 312 g/mol. The molecule has 25 heavy (non-hydrogen) atoms. The van der Waals surface area contributed by atoms with E-state index in [0.29, 0.717) is 18.0 Å². The quantitative estimate of drug-likeness (QED) is 0.873. The number of hydrogen-bond donors (Lipinski definition) is 2. The minimum atomic E-state index is -0.233. The van der Waals surface area contributed by atoms with Gasteiger partial charge in [0.25, 0.3) is 5.91 Å². The Morgan fingerprint density at radius 2 is 1.76 bits per heavy atom. The van der Waals surface area contributed by atoms with Crippen LogP contribution in [-0.2, 0) is 5.54 Å². The van der Waals surface area contributed by atoms with Crippen LogP contribution in [0.25, 0.3) is 0 Å². The second kappa shape index (κ2) is 7.40. The lowest BCUT2D eigenvalue weighted by molar-refractivity contribution is 0.0950. The average molecular weight is 342 g/mol. The summed E-state index contributed by atoms with van der Waals surface area (Å²) in [5.74, 6) is 0.356. The van der Waals surface area contributed by atoms with Crippen LogP contribution in [0.3, 0.4) is 0 Å². The van der Waals surface area contributed by atoms with Crippen LogP contribution in [0.5, 0.6) is 0 Å². The van der Waals surface area contributed by atoms with Gasteiger partial charge in [0.05, 0.1) is 17.3 Å². The van der Waals surface area contributed by atoms with Crippen LogP contribution in [0.1, 0.15) is 73.8 Å². The normalized spacial score (nSPS) is 13.1. The molecule has 1 aromatic carbocycles. The van der Waals surface area contributed by atoms with Gasteiger partial charge in [-0.2, -0.15) is 5.10 Å². The fraction of sp³-hybridized carbons (Fsp3) is 0.500. The van der Waals surface area contributed by atoms with Crippen molar-refractivity contribution in [3.8, 4) is 0 Å². The van der Waals surface area contributed by atoms with Gasteiger partial charge in [-0.25, -0.2) is 0 Å². The number of nitrogens with two attached hydrogens (primary N) is 1. The first-order valence-electron chi connectivity index (χ1n) is 8.80. The molecule has 3 N–H and O–H groups in total. The van der Waals surface area contributed by atoms with Crippen molar-refractivity contribution >= 4 is 5.91 Å². The van der Waals surface area contributed by atoms with Crippen molar-refractivity contribution in [2.75, 3.05) is 6.54 Å². The van der Waals surface area contributed by atoms with E-state index in [2.05, 4.69) is 57.2 Å². The average Bonchev–Trinajstić information content (AvgIpc) is 2.94. The first-order chi connectivity index (χ1) is 11.6. The maximum Gasteiger partial charge on any atom is 0.254 e. The van der Waals surface area contributed by atoms with E-state index in [9.17, 15) is 4.79 Å². The summed E-state index contributed by atoms with van der Waals surface area (Å²) in [5.41, 5.74) is 9.83. The molecule has 1 amide bonds. The molecule has 1 heterocycles. The minimum absolute atomic E-state index is 0.137. The van der Waals surface area contributed by atoms with Gasteiger partial charge in [0.1, 0.15) is 0 Å². The molecule has 0 saturated heterocycles. The predicted molar refractivity (Wildman–Crippen MR) is 102 cm³/mol. The summed E-state index contributed by atoms with van der Waals surface area (Å²) >= 11 is 0. The van der Waals surface area contributed by atoms with Crippen molar-refractivity contribution in [1.82, 2.24) is 15.1 Å². The van der Waals surface area contributed by atoms with Gasteiger partial charge in [-0.15, -0.1) is 0 Å². The number of aromatic nitrogens is 2. The molecular formula is C20H30N4O. The number of nitrogens with one attached hydrogen (secondary N) is 1. The van der Waals surface area contributed by atoms with Crippen molar-refractivity contribution in [3.05, 3.63) is 52.8 Å². The number of carbonyl (C=O) groups excluding carboxylic acids is 1. The van der Waals surface area contributed by atoms with E-state index < -0.39 is 0 Å². The van der Waals surface area contributed by atoms with Crippen molar-refractivity contribution in [3.63, 3.8) is 0 Å². The number of carbonyl (C=O) groups is 1. The third kappa shape index (κ3) is 4.48. The van der Waals surface area contributed by atoms with E-state index in [4.69, 9.17) is 5.73 Å². The van der Waals surface area contributed by atoms with Gasteiger partial charge in [-0.3, -0.25) is 9.48 Å². The zero-order valence-corrected chi connectivity index (χ0v) is 16.1.